The second-order valence-electron chi connectivity index (χ2n) is 5.17. The Bertz CT molecular complexity index is 365. The molecule has 1 saturated heterocycles. The molecule has 0 aromatic carbocycles. The third kappa shape index (κ3) is 4.64. The van der Waals surface area contributed by atoms with Gasteiger partial charge in [0, 0.05) is 0 Å². The van der Waals surface area contributed by atoms with E-state index in [2.05, 4.69) is 0 Å². The topological polar surface area (TPSA) is 197 Å². The van der Waals surface area contributed by atoms with Crippen molar-refractivity contribution in [1.82, 2.24) is 0 Å². The van der Waals surface area contributed by atoms with Gasteiger partial charge in [0.25, 0.3) is 0 Å². The average molecular weight is 342 g/mol. The third-order valence-electron chi connectivity index (χ3n) is 3.53. The van der Waals surface area contributed by atoms with E-state index in [9.17, 15) is 35.4 Å². The molecule has 23 heavy (non-hydrogen) atoms. The van der Waals surface area contributed by atoms with E-state index in [1.807, 2.05) is 0 Å². The van der Waals surface area contributed by atoms with Crippen LogP contribution in [0, 0.1) is 0 Å². The molecule has 0 aromatic rings. The van der Waals surface area contributed by atoms with Crippen LogP contribution in [0.2, 0.25) is 0 Å². The van der Waals surface area contributed by atoms with Gasteiger partial charge in [-0.1, -0.05) is 0 Å². The van der Waals surface area contributed by atoms with Gasteiger partial charge in [0.1, 0.15) is 48.8 Å². The predicted octanol–water partition coefficient (Wildman–Crippen LogP) is -5.55. The zero-order valence-corrected chi connectivity index (χ0v) is 12.0. The van der Waals surface area contributed by atoms with Crippen molar-refractivity contribution in [3.8, 4) is 0 Å². The second kappa shape index (κ2) is 8.94. The number of aldehydes is 1. The van der Waals surface area contributed by atoms with Gasteiger partial charge in [-0.2, -0.15) is 0 Å². The van der Waals surface area contributed by atoms with Gasteiger partial charge < -0.3 is 55.1 Å². The van der Waals surface area contributed by atoms with Crippen molar-refractivity contribution < 1.29 is 55.1 Å². The predicted molar refractivity (Wildman–Crippen MR) is 69.8 cm³/mol. The molecule has 1 aliphatic rings. The lowest BCUT2D eigenvalue weighted by molar-refractivity contribution is -0.324. The first-order chi connectivity index (χ1) is 10.8. The van der Waals surface area contributed by atoms with E-state index in [0.29, 0.717) is 0 Å². The summed E-state index contributed by atoms with van der Waals surface area (Å²) in [6.07, 6.45) is -15.7. The third-order valence-corrected chi connectivity index (χ3v) is 3.53. The van der Waals surface area contributed by atoms with Crippen molar-refractivity contribution in [1.29, 1.82) is 0 Å². The van der Waals surface area contributed by atoms with Crippen LogP contribution in [0.1, 0.15) is 0 Å². The van der Waals surface area contributed by atoms with Crippen LogP contribution in [0.15, 0.2) is 0 Å². The molecule has 1 aliphatic heterocycles. The van der Waals surface area contributed by atoms with E-state index in [1.165, 1.54) is 0 Å². The number of carbonyl (C=O) groups is 1. The fraction of sp³-hybridized carbons (Fsp3) is 0.917. The molecule has 0 saturated carbocycles. The standard InChI is InChI=1S/C12H22O11/c13-1-4(16)7(18)11(5(17)2-14)23-12-10(21)9(20)8(19)6(3-15)22-12/h2,4-13,15-21H,1,3H2/t4-,5+,6-,7+,8+,9+,10-,11-,12?/m1/s1. The zero-order chi connectivity index (χ0) is 17.7. The lowest BCUT2D eigenvalue weighted by atomic mass is 9.98. The number of ether oxygens (including phenoxy) is 2. The molecule has 1 rings (SSSR count). The number of hydrogen-bond donors (Lipinski definition) is 8. The average Bonchev–Trinajstić information content (AvgIpc) is 2.57. The molecule has 1 fully saturated rings. The van der Waals surface area contributed by atoms with Crippen molar-refractivity contribution in [2.45, 2.75) is 55.1 Å². The minimum absolute atomic E-state index is 0.0119. The highest BCUT2D eigenvalue weighted by atomic mass is 16.7. The Labute approximate surface area is 130 Å². The highest BCUT2D eigenvalue weighted by molar-refractivity contribution is 5.56. The lowest BCUT2D eigenvalue weighted by Gasteiger charge is -2.41. The SMILES string of the molecule is O=C[C@H](O)[C@@H](OC1O[C@H](CO)[C@H](O)[C@H](O)[C@H]1O)[C@@H](O)[C@H](O)CO. The van der Waals surface area contributed by atoms with Crippen molar-refractivity contribution >= 4 is 6.29 Å². The molecule has 0 aliphatic carbocycles. The van der Waals surface area contributed by atoms with Crippen LogP contribution in [0.5, 0.6) is 0 Å². The van der Waals surface area contributed by atoms with Crippen molar-refractivity contribution in [3.05, 3.63) is 0 Å². The maximum atomic E-state index is 10.7. The van der Waals surface area contributed by atoms with Crippen LogP contribution < -0.4 is 0 Å². The maximum Gasteiger partial charge on any atom is 0.187 e. The van der Waals surface area contributed by atoms with Gasteiger partial charge in [-0.3, -0.25) is 0 Å². The molecule has 9 atom stereocenters. The highest BCUT2D eigenvalue weighted by Crippen LogP contribution is 2.24. The highest BCUT2D eigenvalue weighted by Gasteiger charge is 2.46. The summed E-state index contributed by atoms with van der Waals surface area (Å²) >= 11 is 0. The molecule has 11 nitrogen and oxygen atoms in total. The van der Waals surface area contributed by atoms with Crippen LogP contribution in [0.3, 0.4) is 0 Å². The molecule has 0 spiro atoms. The number of hydrogen-bond acceptors (Lipinski definition) is 11. The van der Waals surface area contributed by atoms with Crippen LogP contribution in [0.4, 0.5) is 0 Å². The lowest BCUT2D eigenvalue weighted by Crippen LogP contribution is -2.61. The number of aliphatic hydroxyl groups is 8. The van der Waals surface area contributed by atoms with Crippen LogP contribution in [-0.4, -0.2) is 115 Å². The summed E-state index contributed by atoms with van der Waals surface area (Å²) in [5, 5.41) is 75.6. The quantitative estimate of drug-likeness (QED) is 0.196. The molecule has 8 N–H and O–H groups in total. The molecule has 0 radical (unpaired) electrons. The molecule has 0 aromatic heterocycles. The van der Waals surface area contributed by atoms with Gasteiger partial charge in [-0.15, -0.1) is 0 Å². The second-order valence-corrected chi connectivity index (χ2v) is 5.17. The van der Waals surface area contributed by atoms with E-state index in [0.717, 1.165) is 0 Å². The molecule has 0 amide bonds. The smallest absolute Gasteiger partial charge is 0.187 e. The molecular weight excluding hydrogens is 320 g/mol. The van der Waals surface area contributed by atoms with Crippen molar-refractivity contribution in [2.75, 3.05) is 13.2 Å². The van der Waals surface area contributed by atoms with Crippen LogP contribution in [-0.2, 0) is 14.3 Å². The first-order valence-electron chi connectivity index (χ1n) is 6.84. The fourth-order valence-electron chi connectivity index (χ4n) is 2.10. The Morgan fingerprint density at radius 2 is 1.65 bits per heavy atom. The summed E-state index contributed by atoms with van der Waals surface area (Å²) in [4.78, 5) is 10.7. The summed E-state index contributed by atoms with van der Waals surface area (Å²) in [6, 6.07) is 0. The summed E-state index contributed by atoms with van der Waals surface area (Å²) in [6.45, 7) is -1.63. The Balaban J connectivity index is 2.91. The summed E-state index contributed by atoms with van der Waals surface area (Å²) in [7, 11) is 0. The van der Waals surface area contributed by atoms with Gasteiger partial charge in [0.15, 0.2) is 12.6 Å². The Hall–Kier alpha value is -0.730. The molecular formula is C12H22O11. The Morgan fingerprint density at radius 1 is 1.04 bits per heavy atom. The van der Waals surface area contributed by atoms with Gasteiger partial charge in [0.05, 0.1) is 13.2 Å². The Kier molecular flexibility index (Phi) is 7.89. The molecule has 1 unspecified atom stereocenters. The van der Waals surface area contributed by atoms with E-state index < -0.39 is 68.3 Å². The molecule has 0 bridgehead atoms. The van der Waals surface area contributed by atoms with Crippen LogP contribution >= 0.6 is 0 Å². The van der Waals surface area contributed by atoms with Gasteiger partial charge in [-0.05, 0) is 0 Å². The normalized spacial score (nSPS) is 37.0. The van der Waals surface area contributed by atoms with Gasteiger partial charge in [-0.25, -0.2) is 0 Å². The fourth-order valence-corrected chi connectivity index (χ4v) is 2.10. The van der Waals surface area contributed by atoms with Gasteiger partial charge in [0.2, 0.25) is 0 Å². The number of carbonyl (C=O) groups excluding carboxylic acids is 1. The van der Waals surface area contributed by atoms with E-state index in [1.54, 1.807) is 0 Å². The molecule has 11 heteroatoms. The Morgan fingerprint density at radius 3 is 2.13 bits per heavy atom. The monoisotopic (exact) mass is 342 g/mol. The number of rotatable bonds is 8. The van der Waals surface area contributed by atoms with E-state index in [-0.39, 0.29) is 6.29 Å². The number of aliphatic hydroxyl groups excluding tert-OH is 8. The summed E-state index contributed by atoms with van der Waals surface area (Å²) < 4.78 is 10.0. The molecule has 1 heterocycles. The summed E-state index contributed by atoms with van der Waals surface area (Å²) in [5.41, 5.74) is 0. The largest absolute Gasteiger partial charge is 0.394 e. The van der Waals surface area contributed by atoms with Crippen molar-refractivity contribution in [3.63, 3.8) is 0 Å². The van der Waals surface area contributed by atoms with E-state index in [4.69, 9.17) is 19.7 Å². The molecule has 136 valence electrons. The van der Waals surface area contributed by atoms with Crippen LogP contribution in [0.25, 0.3) is 0 Å². The minimum atomic E-state index is -1.95. The van der Waals surface area contributed by atoms with Gasteiger partial charge >= 0.3 is 0 Å². The van der Waals surface area contributed by atoms with Crippen molar-refractivity contribution in [2.24, 2.45) is 0 Å². The maximum absolute atomic E-state index is 10.7. The first kappa shape index (κ1) is 20.3. The summed E-state index contributed by atoms with van der Waals surface area (Å²) in [5.74, 6) is 0. The minimum Gasteiger partial charge on any atom is -0.394 e. The van der Waals surface area contributed by atoms with E-state index >= 15 is 0 Å². The zero-order valence-electron chi connectivity index (χ0n) is 12.0. The first-order valence-corrected chi connectivity index (χ1v) is 6.84.